The molecule has 32 heavy (non-hydrogen) atoms. The van der Waals surface area contributed by atoms with Crippen molar-refractivity contribution in [2.75, 3.05) is 25.6 Å². The summed E-state index contributed by atoms with van der Waals surface area (Å²) >= 11 is 0. The molecule has 3 rings (SSSR count). The van der Waals surface area contributed by atoms with Crippen LogP contribution in [0, 0.1) is 5.82 Å². The zero-order chi connectivity index (χ0) is 22.8. The quantitative estimate of drug-likeness (QED) is 0.342. The summed E-state index contributed by atoms with van der Waals surface area (Å²) in [6.45, 7) is 0.128. The van der Waals surface area contributed by atoms with E-state index in [1.165, 1.54) is 19.2 Å². The number of hydrogen-bond acceptors (Lipinski definition) is 6. The molecule has 0 radical (unpaired) electrons. The van der Waals surface area contributed by atoms with Crippen LogP contribution in [-0.4, -0.2) is 37.1 Å². The SMILES string of the molecule is CO/N=C(\COc1ccc(CNc2ccc(OCC(=O)O)c(F)c2)cc1)c1ccccc1. The minimum absolute atomic E-state index is 0.105. The second-order valence-corrected chi connectivity index (χ2v) is 6.70. The van der Waals surface area contributed by atoms with Gasteiger partial charge in [0.05, 0.1) is 0 Å². The fraction of sp³-hybridized carbons (Fsp3) is 0.167. The van der Waals surface area contributed by atoms with E-state index in [2.05, 4.69) is 10.5 Å². The molecule has 0 aliphatic heterocycles. The Morgan fingerprint density at radius 3 is 2.41 bits per heavy atom. The molecular weight excluding hydrogens is 415 g/mol. The molecule has 0 atom stereocenters. The van der Waals surface area contributed by atoms with Crippen LogP contribution in [0.2, 0.25) is 0 Å². The highest BCUT2D eigenvalue weighted by Crippen LogP contribution is 2.22. The minimum atomic E-state index is -1.17. The standard InChI is InChI=1S/C24H23FN2O5/c1-30-27-22(18-5-3-2-4-6-18)15-31-20-10-7-17(8-11-20)14-26-19-9-12-23(21(25)13-19)32-16-24(28)29/h2-13,26H,14-16H2,1H3,(H,28,29)/b27-22+. The number of anilines is 1. The van der Waals surface area contributed by atoms with Gasteiger partial charge in [-0.05, 0) is 29.8 Å². The van der Waals surface area contributed by atoms with Crippen molar-refractivity contribution in [1.29, 1.82) is 0 Å². The van der Waals surface area contributed by atoms with Gasteiger partial charge < -0.3 is 24.7 Å². The number of benzene rings is 3. The van der Waals surface area contributed by atoms with Crippen molar-refractivity contribution < 1.29 is 28.6 Å². The summed E-state index contributed by atoms with van der Waals surface area (Å²) in [5.74, 6) is -1.22. The van der Waals surface area contributed by atoms with Gasteiger partial charge in [0.25, 0.3) is 0 Å². The summed E-state index contributed by atoms with van der Waals surface area (Å²) in [4.78, 5) is 15.4. The van der Waals surface area contributed by atoms with Gasteiger partial charge in [0.2, 0.25) is 0 Å². The van der Waals surface area contributed by atoms with Crippen molar-refractivity contribution in [1.82, 2.24) is 0 Å². The first-order valence-electron chi connectivity index (χ1n) is 9.80. The van der Waals surface area contributed by atoms with Crippen LogP contribution in [-0.2, 0) is 16.2 Å². The molecule has 0 aliphatic carbocycles. The van der Waals surface area contributed by atoms with Gasteiger partial charge in [0.15, 0.2) is 18.2 Å². The van der Waals surface area contributed by atoms with E-state index >= 15 is 0 Å². The lowest BCUT2D eigenvalue weighted by atomic mass is 10.1. The van der Waals surface area contributed by atoms with Gasteiger partial charge in [0.1, 0.15) is 25.2 Å². The summed E-state index contributed by atoms with van der Waals surface area (Å²) in [6, 6.07) is 21.4. The van der Waals surface area contributed by atoms with Gasteiger partial charge in [-0.2, -0.15) is 0 Å². The zero-order valence-corrected chi connectivity index (χ0v) is 17.5. The summed E-state index contributed by atoms with van der Waals surface area (Å²) < 4.78 is 24.7. The van der Waals surface area contributed by atoms with Crippen LogP contribution in [0.5, 0.6) is 11.5 Å². The lowest BCUT2D eigenvalue weighted by molar-refractivity contribution is -0.139. The molecule has 0 saturated carbocycles. The number of carboxylic acids is 1. The van der Waals surface area contributed by atoms with Crippen LogP contribution in [0.1, 0.15) is 11.1 Å². The maximum Gasteiger partial charge on any atom is 0.341 e. The van der Waals surface area contributed by atoms with Crippen LogP contribution < -0.4 is 14.8 Å². The summed E-state index contributed by atoms with van der Waals surface area (Å²) in [5, 5.41) is 15.8. The van der Waals surface area contributed by atoms with E-state index in [-0.39, 0.29) is 12.4 Å². The summed E-state index contributed by atoms with van der Waals surface area (Å²) in [5.41, 5.74) is 3.12. The number of carboxylic acid groups (broad SMARTS) is 1. The molecule has 0 heterocycles. The summed E-state index contributed by atoms with van der Waals surface area (Å²) in [6.07, 6.45) is 0. The van der Waals surface area contributed by atoms with Gasteiger partial charge in [-0.3, -0.25) is 0 Å². The third-order valence-corrected chi connectivity index (χ3v) is 4.39. The summed E-state index contributed by atoms with van der Waals surface area (Å²) in [7, 11) is 1.49. The van der Waals surface area contributed by atoms with Crippen molar-refractivity contribution in [2.45, 2.75) is 6.54 Å². The fourth-order valence-corrected chi connectivity index (χ4v) is 2.83. The predicted molar refractivity (Wildman–Crippen MR) is 119 cm³/mol. The Labute approximate surface area is 185 Å². The van der Waals surface area contributed by atoms with E-state index in [0.29, 0.717) is 23.7 Å². The minimum Gasteiger partial charge on any atom is -0.487 e. The van der Waals surface area contributed by atoms with Crippen LogP contribution in [0.4, 0.5) is 10.1 Å². The molecule has 3 aromatic rings. The average Bonchev–Trinajstić information content (AvgIpc) is 2.81. The first-order chi connectivity index (χ1) is 15.5. The van der Waals surface area contributed by atoms with Gasteiger partial charge in [0, 0.05) is 23.9 Å². The number of ether oxygens (including phenoxy) is 2. The molecule has 0 aliphatic rings. The third-order valence-electron chi connectivity index (χ3n) is 4.39. The molecule has 166 valence electrons. The highest BCUT2D eigenvalue weighted by atomic mass is 19.1. The molecule has 0 saturated heterocycles. The van der Waals surface area contributed by atoms with E-state index < -0.39 is 18.4 Å². The number of rotatable bonds is 11. The number of nitrogens with zero attached hydrogens (tertiary/aromatic N) is 1. The number of nitrogens with one attached hydrogen (secondary N) is 1. The fourth-order valence-electron chi connectivity index (χ4n) is 2.83. The molecule has 3 aromatic carbocycles. The Morgan fingerprint density at radius 1 is 1.00 bits per heavy atom. The molecule has 7 nitrogen and oxygen atoms in total. The van der Waals surface area contributed by atoms with Crippen LogP contribution in [0.15, 0.2) is 78.0 Å². The number of halogens is 1. The molecule has 0 aromatic heterocycles. The number of carbonyl (C=O) groups is 1. The molecular formula is C24H23FN2O5. The number of aliphatic carboxylic acids is 1. The Kier molecular flexibility index (Phi) is 8.02. The second kappa shape index (κ2) is 11.4. The van der Waals surface area contributed by atoms with Crippen LogP contribution in [0.25, 0.3) is 0 Å². The lowest BCUT2D eigenvalue weighted by Crippen LogP contribution is -2.13. The first kappa shape index (κ1) is 22.6. The Bertz CT molecular complexity index is 1060. The largest absolute Gasteiger partial charge is 0.487 e. The van der Waals surface area contributed by atoms with E-state index in [1.54, 1.807) is 6.07 Å². The van der Waals surface area contributed by atoms with E-state index in [0.717, 1.165) is 11.1 Å². The van der Waals surface area contributed by atoms with Crippen molar-refractivity contribution in [3.63, 3.8) is 0 Å². The topological polar surface area (TPSA) is 89.4 Å². The Morgan fingerprint density at radius 2 is 1.75 bits per heavy atom. The second-order valence-electron chi connectivity index (χ2n) is 6.70. The lowest BCUT2D eigenvalue weighted by Gasteiger charge is -2.11. The van der Waals surface area contributed by atoms with Crippen molar-refractivity contribution in [3.8, 4) is 11.5 Å². The van der Waals surface area contributed by atoms with E-state index in [4.69, 9.17) is 19.4 Å². The normalized spacial score (nSPS) is 11.0. The van der Waals surface area contributed by atoms with Gasteiger partial charge in [-0.1, -0.05) is 47.6 Å². The van der Waals surface area contributed by atoms with Gasteiger partial charge in [-0.25, -0.2) is 9.18 Å². The molecule has 2 N–H and O–H groups in total. The van der Waals surface area contributed by atoms with E-state index in [1.807, 2.05) is 54.6 Å². The van der Waals surface area contributed by atoms with Gasteiger partial charge >= 0.3 is 5.97 Å². The van der Waals surface area contributed by atoms with Crippen LogP contribution in [0.3, 0.4) is 0 Å². The maximum atomic E-state index is 14.0. The predicted octanol–water partition coefficient (Wildman–Crippen LogP) is 4.33. The van der Waals surface area contributed by atoms with Crippen molar-refractivity contribution >= 4 is 17.4 Å². The highest BCUT2D eigenvalue weighted by Gasteiger charge is 2.08. The Hall–Kier alpha value is -4.07. The maximum absolute atomic E-state index is 14.0. The van der Waals surface area contributed by atoms with Crippen LogP contribution >= 0.6 is 0 Å². The smallest absolute Gasteiger partial charge is 0.341 e. The monoisotopic (exact) mass is 438 g/mol. The molecule has 0 unspecified atom stereocenters. The van der Waals surface area contributed by atoms with Gasteiger partial charge in [-0.15, -0.1) is 0 Å². The first-order valence-corrected chi connectivity index (χ1v) is 9.80. The zero-order valence-electron chi connectivity index (χ0n) is 17.5. The molecule has 0 fully saturated rings. The molecule has 8 heteroatoms. The highest BCUT2D eigenvalue weighted by molar-refractivity contribution is 6.01. The average molecular weight is 438 g/mol. The molecule has 0 amide bonds. The third kappa shape index (κ3) is 6.73. The number of hydrogen-bond donors (Lipinski definition) is 2. The van der Waals surface area contributed by atoms with Crippen molar-refractivity contribution in [2.24, 2.45) is 5.16 Å². The number of oxime groups is 1. The molecule has 0 bridgehead atoms. The Balaban J connectivity index is 1.53. The van der Waals surface area contributed by atoms with E-state index in [9.17, 15) is 9.18 Å². The molecule has 0 spiro atoms. The van der Waals surface area contributed by atoms with Crippen molar-refractivity contribution in [3.05, 3.63) is 89.7 Å².